The van der Waals surface area contributed by atoms with Gasteiger partial charge in [-0.3, -0.25) is 9.59 Å². The summed E-state index contributed by atoms with van der Waals surface area (Å²) in [5.74, 6) is -2.52. The van der Waals surface area contributed by atoms with Gasteiger partial charge in [-0.05, 0) is 48.5 Å². The van der Waals surface area contributed by atoms with Gasteiger partial charge in [0.1, 0.15) is 0 Å². The van der Waals surface area contributed by atoms with Crippen molar-refractivity contribution in [3.05, 3.63) is 96.1 Å². The fraction of sp³-hybridized carbons (Fsp3) is 0.200. The molecule has 0 radical (unpaired) electrons. The molecule has 3 rings (SSSR count). The fourth-order valence-electron chi connectivity index (χ4n) is 3.65. The van der Waals surface area contributed by atoms with Crippen LogP contribution in [-0.4, -0.2) is 50.1 Å². The molecular formula is C30H26N4O6. The average molecular weight is 539 g/mol. The van der Waals surface area contributed by atoms with Crippen molar-refractivity contribution < 1.29 is 28.7 Å². The number of carbonyl (C=O) groups excluding carboxylic acids is 4. The Labute approximate surface area is 231 Å². The zero-order chi connectivity index (χ0) is 28.7. The van der Waals surface area contributed by atoms with Gasteiger partial charge in [-0.25, -0.2) is 9.59 Å². The molecule has 0 saturated carbocycles. The first kappa shape index (κ1) is 29.1. The minimum absolute atomic E-state index is 0.107. The van der Waals surface area contributed by atoms with Crippen LogP contribution in [0.2, 0.25) is 0 Å². The molecule has 0 heterocycles. The number of benzene rings is 3. The number of carbonyl (C=O) groups is 4. The number of hydrogen-bond acceptors (Lipinski definition) is 8. The molecule has 0 aliphatic carbocycles. The van der Waals surface area contributed by atoms with Gasteiger partial charge in [-0.2, -0.15) is 10.5 Å². The molecule has 10 heteroatoms. The van der Waals surface area contributed by atoms with Crippen LogP contribution in [0.15, 0.2) is 84.9 Å². The van der Waals surface area contributed by atoms with Crippen LogP contribution < -0.4 is 9.80 Å². The van der Waals surface area contributed by atoms with E-state index in [1.807, 2.05) is 12.1 Å². The Hall–Kier alpha value is -5.48. The highest BCUT2D eigenvalue weighted by Crippen LogP contribution is 2.16. The van der Waals surface area contributed by atoms with Crippen molar-refractivity contribution in [2.24, 2.45) is 0 Å². The zero-order valence-electron chi connectivity index (χ0n) is 21.6. The van der Waals surface area contributed by atoms with Gasteiger partial charge < -0.3 is 19.3 Å². The molecule has 2 amide bonds. The highest BCUT2D eigenvalue weighted by atomic mass is 16.5. The minimum atomic E-state index is -0.771. The van der Waals surface area contributed by atoms with Gasteiger partial charge in [0.15, 0.2) is 13.2 Å². The van der Waals surface area contributed by atoms with Gasteiger partial charge in [0.2, 0.25) is 0 Å². The Morgan fingerprint density at radius 2 is 0.925 bits per heavy atom. The highest BCUT2D eigenvalue weighted by molar-refractivity contribution is 5.99. The summed E-state index contributed by atoms with van der Waals surface area (Å²) in [5.41, 5.74) is 1.38. The molecule has 3 aromatic carbocycles. The first-order chi connectivity index (χ1) is 19.4. The molecule has 0 saturated heterocycles. The number of esters is 2. The van der Waals surface area contributed by atoms with Gasteiger partial charge in [-0.15, -0.1) is 0 Å². The summed E-state index contributed by atoms with van der Waals surface area (Å²) >= 11 is 0. The molecule has 202 valence electrons. The Morgan fingerprint density at radius 3 is 1.25 bits per heavy atom. The van der Waals surface area contributed by atoms with Crippen LogP contribution in [0.25, 0.3) is 0 Å². The van der Waals surface area contributed by atoms with Crippen LogP contribution in [0.3, 0.4) is 0 Å². The number of ether oxygens (including phenoxy) is 2. The molecule has 40 heavy (non-hydrogen) atoms. The first-order valence-electron chi connectivity index (χ1n) is 12.3. The topological polar surface area (TPSA) is 141 Å². The lowest BCUT2D eigenvalue weighted by molar-refractivity contribution is -0.122. The lowest BCUT2D eigenvalue weighted by Gasteiger charge is -2.21. The Kier molecular flexibility index (Phi) is 10.9. The summed E-state index contributed by atoms with van der Waals surface area (Å²) in [6, 6.07) is 26.8. The lowest BCUT2D eigenvalue weighted by atomic mass is 10.1. The Morgan fingerprint density at radius 1 is 0.575 bits per heavy atom. The van der Waals surface area contributed by atoms with Gasteiger partial charge >= 0.3 is 11.9 Å². The largest absolute Gasteiger partial charge is 0.452 e. The number of rotatable bonds is 12. The quantitative estimate of drug-likeness (QED) is 0.316. The van der Waals surface area contributed by atoms with E-state index in [1.165, 1.54) is 34.1 Å². The average Bonchev–Trinajstić information content (AvgIpc) is 3.00. The molecule has 0 atom stereocenters. The summed E-state index contributed by atoms with van der Waals surface area (Å²) in [6.07, 6.45) is 0.226. The van der Waals surface area contributed by atoms with Crippen LogP contribution in [0, 0.1) is 22.7 Å². The molecule has 3 aromatic rings. The molecule has 10 nitrogen and oxygen atoms in total. The molecular weight excluding hydrogens is 512 g/mol. The molecule has 0 spiro atoms. The number of hydrogen-bond donors (Lipinski definition) is 0. The molecule has 0 unspecified atom stereocenters. The monoisotopic (exact) mass is 538 g/mol. The first-order valence-corrected chi connectivity index (χ1v) is 12.3. The van der Waals surface area contributed by atoms with Gasteiger partial charge in [0.25, 0.3) is 11.8 Å². The van der Waals surface area contributed by atoms with Crippen LogP contribution in [0.4, 0.5) is 11.4 Å². The highest BCUT2D eigenvalue weighted by Gasteiger charge is 2.20. The molecule has 0 aliphatic rings. The van der Waals surface area contributed by atoms with E-state index in [1.54, 1.807) is 60.7 Å². The number of nitrogens with zero attached hydrogens (tertiary/aromatic N) is 4. The van der Waals surface area contributed by atoms with Crippen molar-refractivity contribution in [3.63, 3.8) is 0 Å². The summed E-state index contributed by atoms with van der Waals surface area (Å²) in [7, 11) is 0. The van der Waals surface area contributed by atoms with E-state index in [0.717, 1.165) is 0 Å². The van der Waals surface area contributed by atoms with Crippen LogP contribution in [-0.2, 0) is 19.1 Å². The normalized spacial score (nSPS) is 9.95. The molecule has 0 N–H and O–H groups in total. The number of para-hydroxylation sites is 2. The smallest absolute Gasteiger partial charge is 0.338 e. The van der Waals surface area contributed by atoms with Crippen molar-refractivity contribution in [2.45, 2.75) is 12.8 Å². The predicted molar refractivity (Wildman–Crippen MR) is 145 cm³/mol. The van der Waals surface area contributed by atoms with Crippen molar-refractivity contribution in [3.8, 4) is 12.1 Å². The van der Waals surface area contributed by atoms with Gasteiger partial charge in [0, 0.05) is 24.5 Å². The van der Waals surface area contributed by atoms with Crippen molar-refractivity contribution >= 4 is 35.1 Å². The van der Waals surface area contributed by atoms with E-state index in [2.05, 4.69) is 0 Å². The molecule has 0 fully saturated rings. The Bertz CT molecular complexity index is 1290. The van der Waals surface area contributed by atoms with Gasteiger partial charge in [0.05, 0.1) is 36.1 Å². The second-order valence-corrected chi connectivity index (χ2v) is 8.31. The molecule has 0 bridgehead atoms. The van der Waals surface area contributed by atoms with E-state index < -0.39 is 37.0 Å². The second-order valence-electron chi connectivity index (χ2n) is 8.31. The SMILES string of the molecule is N#CCCN(C(=O)COC(=O)c1ccc(C(=O)OCC(=O)N(CCC#N)c2ccccc2)cc1)c1ccccc1. The number of amides is 2. The van der Waals surface area contributed by atoms with Crippen LogP contribution in [0.5, 0.6) is 0 Å². The van der Waals surface area contributed by atoms with Crippen molar-refractivity contribution in [1.82, 2.24) is 0 Å². The van der Waals surface area contributed by atoms with E-state index in [4.69, 9.17) is 20.0 Å². The third-order valence-electron chi connectivity index (χ3n) is 5.64. The maximum atomic E-state index is 12.7. The standard InChI is InChI=1S/C30H26N4O6/c31-17-7-19-33(25-9-3-1-4-10-25)27(35)21-39-29(37)23-13-15-24(16-14-23)30(38)40-22-28(36)34(20-8-18-32)26-11-5-2-6-12-26/h1-6,9-16H,7-8,19-22H2. The van der Waals surface area contributed by atoms with Crippen molar-refractivity contribution in [1.29, 1.82) is 10.5 Å². The van der Waals surface area contributed by atoms with E-state index in [0.29, 0.717) is 11.4 Å². The number of nitriles is 2. The molecule has 0 aromatic heterocycles. The van der Waals surface area contributed by atoms with Crippen molar-refractivity contribution in [2.75, 3.05) is 36.1 Å². The third-order valence-corrected chi connectivity index (χ3v) is 5.64. The number of anilines is 2. The zero-order valence-corrected chi connectivity index (χ0v) is 21.6. The Balaban J connectivity index is 1.55. The van der Waals surface area contributed by atoms with Gasteiger partial charge in [-0.1, -0.05) is 36.4 Å². The maximum Gasteiger partial charge on any atom is 0.338 e. The molecule has 0 aliphatic heterocycles. The summed E-state index contributed by atoms with van der Waals surface area (Å²) in [6.45, 7) is -0.765. The van der Waals surface area contributed by atoms with Crippen LogP contribution in [0.1, 0.15) is 33.6 Å². The summed E-state index contributed by atoms with van der Waals surface area (Å²) in [4.78, 5) is 53.1. The van der Waals surface area contributed by atoms with E-state index in [-0.39, 0.29) is 37.1 Å². The lowest BCUT2D eigenvalue weighted by Crippen LogP contribution is -2.35. The van der Waals surface area contributed by atoms with E-state index >= 15 is 0 Å². The van der Waals surface area contributed by atoms with Crippen LogP contribution >= 0.6 is 0 Å². The third kappa shape index (κ3) is 8.27. The predicted octanol–water partition coefficient (Wildman–Crippen LogP) is 3.89. The summed E-state index contributed by atoms with van der Waals surface area (Å²) < 4.78 is 10.3. The minimum Gasteiger partial charge on any atom is -0.452 e. The summed E-state index contributed by atoms with van der Waals surface area (Å²) in [5, 5.41) is 17.8. The second kappa shape index (κ2) is 15.1. The fourth-order valence-corrected chi connectivity index (χ4v) is 3.65. The maximum absolute atomic E-state index is 12.7. The van der Waals surface area contributed by atoms with E-state index in [9.17, 15) is 19.2 Å².